The van der Waals surface area contributed by atoms with Gasteiger partial charge in [-0.05, 0) is 63.6 Å². The highest BCUT2D eigenvalue weighted by Crippen LogP contribution is 2.56. The van der Waals surface area contributed by atoms with E-state index in [1.54, 1.807) is 0 Å². The van der Waals surface area contributed by atoms with E-state index in [9.17, 15) is 15.0 Å². The fourth-order valence-electron chi connectivity index (χ4n) is 4.92. The summed E-state index contributed by atoms with van der Waals surface area (Å²) >= 11 is 0. The van der Waals surface area contributed by atoms with Gasteiger partial charge in [-0.15, -0.1) is 0 Å². The Morgan fingerprint density at radius 1 is 1.33 bits per heavy atom. The number of carbonyl (C=O) groups excluding carboxylic acids is 1. The normalized spacial score (nSPS) is 28.6. The second-order valence-electron chi connectivity index (χ2n) is 8.67. The number of rotatable bonds is 5. The van der Waals surface area contributed by atoms with E-state index in [0.717, 1.165) is 36.8 Å². The summed E-state index contributed by atoms with van der Waals surface area (Å²) in [5.41, 5.74) is -0.148. The second kappa shape index (κ2) is 7.34. The molecule has 3 rings (SSSR count). The molecule has 1 fully saturated rings. The van der Waals surface area contributed by atoms with E-state index in [1.165, 1.54) is 7.11 Å². The molecule has 27 heavy (non-hydrogen) atoms. The second-order valence-corrected chi connectivity index (χ2v) is 8.67. The first kappa shape index (κ1) is 20.0. The van der Waals surface area contributed by atoms with Gasteiger partial charge >= 0.3 is 5.97 Å². The number of carbonyl (C=O) groups is 1. The van der Waals surface area contributed by atoms with Gasteiger partial charge in [0.05, 0.1) is 7.11 Å². The van der Waals surface area contributed by atoms with Gasteiger partial charge in [-0.3, -0.25) is 0 Å². The Balaban J connectivity index is 1.97. The molecule has 3 atom stereocenters. The zero-order valence-electron chi connectivity index (χ0n) is 16.9. The van der Waals surface area contributed by atoms with E-state index in [1.807, 2.05) is 12.1 Å². The van der Waals surface area contributed by atoms with E-state index in [2.05, 4.69) is 20.8 Å². The molecule has 5 heteroatoms. The molecular weight excluding hydrogens is 344 g/mol. The fraction of sp³-hybridized carbons (Fsp3) is 0.682. The van der Waals surface area contributed by atoms with Gasteiger partial charge in [-0.1, -0.05) is 19.8 Å². The van der Waals surface area contributed by atoms with Gasteiger partial charge in [0, 0.05) is 17.4 Å². The molecule has 0 amide bonds. The molecule has 150 valence electrons. The molecule has 1 aliphatic carbocycles. The maximum absolute atomic E-state index is 12.2. The van der Waals surface area contributed by atoms with E-state index < -0.39 is 17.2 Å². The van der Waals surface area contributed by atoms with Crippen molar-refractivity contribution in [1.82, 2.24) is 0 Å². The number of phenols is 1. The first-order chi connectivity index (χ1) is 12.7. The molecule has 0 radical (unpaired) electrons. The van der Waals surface area contributed by atoms with Crippen LogP contribution in [0.4, 0.5) is 0 Å². The average molecular weight is 376 g/mol. The highest BCUT2D eigenvalue weighted by molar-refractivity contribution is 5.79. The number of phenolic OH excluding ortho intramolecular Hbond substituents is 1. The zero-order chi connectivity index (χ0) is 19.8. The van der Waals surface area contributed by atoms with Crippen molar-refractivity contribution in [2.24, 2.45) is 5.92 Å². The largest absolute Gasteiger partial charge is 0.508 e. The number of fused-ring (bicyclic) bond motifs is 3. The van der Waals surface area contributed by atoms with Crippen molar-refractivity contribution in [3.63, 3.8) is 0 Å². The summed E-state index contributed by atoms with van der Waals surface area (Å²) in [5.74, 6) is 0.265. The molecule has 1 aliphatic heterocycles. The molecule has 2 aliphatic rings. The van der Waals surface area contributed by atoms with Gasteiger partial charge in [0.25, 0.3) is 0 Å². The predicted octanol–water partition coefficient (Wildman–Crippen LogP) is 4.08. The summed E-state index contributed by atoms with van der Waals surface area (Å²) in [5, 5.41) is 21.7. The summed E-state index contributed by atoms with van der Waals surface area (Å²) in [6.07, 6.45) is 5.51. The van der Waals surface area contributed by atoms with E-state index in [4.69, 9.17) is 9.47 Å². The Bertz CT molecular complexity index is 711. The summed E-state index contributed by atoms with van der Waals surface area (Å²) in [7, 11) is 1.30. The quantitative estimate of drug-likeness (QED) is 0.598. The van der Waals surface area contributed by atoms with Crippen molar-refractivity contribution < 1.29 is 24.5 Å². The number of hydrogen-bond acceptors (Lipinski definition) is 5. The topological polar surface area (TPSA) is 76.0 Å². The third-order valence-corrected chi connectivity index (χ3v) is 6.36. The Kier molecular flexibility index (Phi) is 5.44. The number of aliphatic hydroxyl groups is 1. The van der Waals surface area contributed by atoms with Crippen molar-refractivity contribution in [2.45, 2.75) is 82.8 Å². The first-order valence-corrected chi connectivity index (χ1v) is 10.1. The molecule has 0 bridgehead atoms. The maximum Gasteiger partial charge on any atom is 0.337 e. The molecule has 1 aromatic rings. The van der Waals surface area contributed by atoms with E-state index >= 15 is 0 Å². The molecule has 1 unspecified atom stereocenters. The summed E-state index contributed by atoms with van der Waals surface area (Å²) < 4.78 is 11.1. The molecule has 5 nitrogen and oxygen atoms in total. The van der Waals surface area contributed by atoms with E-state index in [0.29, 0.717) is 18.6 Å². The minimum atomic E-state index is -1.51. The summed E-state index contributed by atoms with van der Waals surface area (Å²) in [4.78, 5) is 12.2. The lowest BCUT2D eigenvalue weighted by molar-refractivity contribution is -0.170. The molecule has 1 heterocycles. The Morgan fingerprint density at radius 3 is 2.74 bits per heavy atom. The number of benzene rings is 1. The molecule has 0 aromatic heterocycles. The van der Waals surface area contributed by atoms with Crippen LogP contribution in [-0.4, -0.2) is 34.5 Å². The predicted molar refractivity (Wildman–Crippen MR) is 103 cm³/mol. The molecule has 0 saturated heterocycles. The van der Waals surface area contributed by atoms with Crippen LogP contribution in [0, 0.1) is 5.92 Å². The van der Waals surface area contributed by atoms with Crippen LogP contribution in [0.15, 0.2) is 12.1 Å². The number of ether oxygens (including phenoxy) is 2. The Labute approximate surface area is 161 Å². The molecule has 1 saturated carbocycles. The van der Waals surface area contributed by atoms with Crippen LogP contribution < -0.4 is 4.74 Å². The smallest absolute Gasteiger partial charge is 0.337 e. The number of aromatic hydroxyl groups is 1. The Morgan fingerprint density at radius 2 is 2.07 bits per heavy atom. The van der Waals surface area contributed by atoms with Crippen molar-refractivity contribution in [3.8, 4) is 11.5 Å². The van der Waals surface area contributed by atoms with Crippen LogP contribution in [0.5, 0.6) is 11.5 Å². The van der Waals surface area contributed by atoms with Crippen LogP contribution in [-0.2, 0) is 16.0 Å². The molecule has 1 aromatic carbocycles. The lowest BCUT2D eigenvalue weighted by atomic mass is 9.62. The minimum Gasteiger partial charge on any atom is -0.508 e. The van der Waals surface area contributed by atoms with Crippen LogP contribution in [0.1, 0.15) is 76.3 Å². The lowest BCUT2D eigenvalue weighted by Gasteiger charge is -2.50. The number of methoxy groups -OCH3 is 1. The number of esters is 1. The first-order valence-electron chi connectivity index (χ1n) is 10.1. The van der Waals surface area contributed by atoms with Crippen molar-refractivity contribution >= 4 is 5.97 Å². The minimum absolute atomic E-state index is 0.117. The van der Waals surface area contributed by atoms with Gasteiger partial charge in [0.2, 0.25) is 0 Å². The zero-order valence-corrected chi connectivity index (χ0v) is 16.9. The highest BCUT2D eigenvalue weighted by Gasteiger charge is 2.54. The number of hydrogen-bond donors (Lipinski definition) is 2. The van der Waals surface area contributed by atoms with Crippen molar-refractivity contribution in [1.29, 1.82) is 0 Å². The fourth-order valence-corrected chi connectivity index (χ4v) is 4.92. The van der Waals surface area contributed by atoms with Gasteiger partial charge in [-0.25, -0.2) is 4.79 Å². The summed E-state index contributed by atoms with van der Waals surface area (Å²) in [6, 6.07) is 3.84. The Hall–Kier alpha value is -1.75. The van der Waals surface area contributed by atoms with Crippen LogP contribution in [0.2, 0.25) is 0 Å². The maximum atomic E-state index is 12.2. The van der Waals surface area contributed by atoms with Crippen LogP contribution >= 0.6 is 0 Å². The van der Waals surface area contributed by atoms with Crippen molar-refractivity contribution in [2.75, 3.05) is 7.11 Å². The number of aryl methyl sites for hydroxylation is 1. The summed E-state index contributed by atoms with van der Waals surface area (Å²) in [6.45, 7) is 6.27. The third-order valence-electron chi connectivity index (χ3n) is 6.36. The molecule has 2 N–H and O–H groups in total. The monoisotopic (exact) mass is 376 g/mol. The lowest BCUT2D eigenvalue weighted by Crippen LogP contribution is -2.53. The van der Waals surface area contributed by atoms with Gasteiger partial charge < -0.3 is 19.7 Å². The third kappa shape index (κ3) is 3.66. The molecular formula is C22H32O5. The molecule has 0 spiro atoms. The number of unbranched alkanes of at least 4 members (excludes halogenated alkanes) is 2. The van der Waals surface area contributed by atoms with Crippen LogP contribution in [0.3, 0.4) is 0 Å². The SMILES string of the molecule is CCCCCc1cc(O)c2c(c1)OC(C)(C)[C@@H]1CCC(O)(C(=O)OC)C[C@@H]21. The average Bonchev–Trinajstić information content (AvgIpc) is 2.60. The highest BCUT2D eigenvalue weighted by atomic mass is 16.5. The van der Waals surface area contributed by atoms with Crippen molar-refractivity contribution in [3.05, 3.63) is 23.3 Å². The van der Waals surface area contributed by atoms with E-state index in [-0.39, 0.29) is 24.0 Å². The van der Waals surface area contributed by atoms with Gasteiger partial charge in [-0.2, -0.15) is 0 Å². The van der Waals surface area contributed by atoms with Gasteiger partial charge in [0.15, 0.2) is 5.60 Å². The van der Waals surface area contributed by atoms with Gasteiger partial charge in [0.1, 0.15) is 17.1 Å². The standard InChI is InChI=1S/C22H32O5/c1-5-6-7-8-14-11-17(23)19-15-13-22(25,20(24)26-4)10-9-16(15)21(2,3)27-18(19)12-14/h11-12,15-16,23,25H,5-10,13H2,1-4H3/t15-,16-,22?/m1/s1. The van der Waals surface area contributed by atoms with Crippen LogP contribution in [0.25, 0.3) is 0 Å².